The van der Waals surface area contributed by atoms with Gasteiger partial charge in [-0.25, -0.2) is 4.98 Å². The van der Waals surface area contributed by atoms with E-state index >= 15 is 0 Å². The predicted molar refractivity (Wildman–Crippen MR) is 135 cm³/mol. The molecule has 0 amide bonds. The molecule has 8 nitrogen and oxygen atoms in total. The molecule has 178 valence electrons. The molecular weight excluding hydrogens is 440 g/mol. The number of nitrogens with one attached hydrogen (secondary N) is 1. The zero-order chi connectivity index (χ0) is 23.9. The van der Waals surface area contributed by atoms with Gasteiger partial charge in [-0.3, -0.25) is 14.8 Å². The van der Waals surface area contributed by atoms with Crippen molar-refractivity contribution in [2.24, 2.45) is 5.92 Å². The highest BCUT2D eigenvalue weighted by molar-refractivity contribution is 5.89. The predicted octanol–water partition coefficient (Wildman–Crippen LogP) is 3.68. The zero-order valence-corrected chi connectivity index (χ0v) is 19.9. The van der Waals surface area contributed by atoms with Gasteiger partial charge in [-0.2, -0.15) is 0 Å². The topological polar surface area (TPSA) is 87.2 Å². The summed E-state index contributed by atoms with van der Waals surface area (Å²) in [5.41, 5.74) is 6.53. The molecule has 0 spiro atoms. The number of fused-ring (bicyclic) bond motifs is 1. The number of likely N-dealkylation sites (N-methyl/N-ethyl adjacent to an activating group) is 1. The van der Waals surface area contributed by atoms with Gasteiger partial charge in [-0.05, 0) is 50.7 Å². The number of imidazole rings is 1. The van der Waals surface area contributed by atoms with Gasteiger partial charge in [-0.15, -0.1) is 0 Å². The highest BCUT2D eigenvalue weighted by atomic mass is 16.5. The molecule has 0 saturated carbocycles. The number of nitrogens with zero attached hydrogens (tertiary/aromatic N) is 5. The molecule has 0 aliphatic carbocycles. The van der Waals surface area contributed by atoms with E-state index in [1.807, 2.05) is 43.5 Å². The summed E-state index contributed by atoms with van der Waals surface area (Å²) in [6.07, 6.45) is 4.54. The normalized spacial score (nSPS) is 18.7. The molecule has 5 heterocycles. The number of carbonyl (C=O) groups is 1. The Kier molecular flexibility index (Phi) is 5.45. The fourth-order valence-corrected chi connectivity index (χ4v) is 4.92. The first-order chi connectivity index (χ1) is 17.0. The molecule has 1 aromatic carbocycles. The lowest BCUT2D eigenvalue weighted by molar-refractivity contribution is -0.154. The number of ether oxygens (including phenoxy) is 1. The lowest BCUT2D eigenvalue weighted by Crippen LogP contribution is -2.51. The number of aromatic amines is 1. The van der Waals surface area contributed by atoms with Crippen LogP contribution in [0, 0.1) is 12.8 Å². The molecule has 3 aromatic heterocycles. The Morgan fingerprint density at radius 1 is 1.11 bits per heavy atom. The van der Waals surface area contributed by atoms with Crippen LogP contribution in [-0.4, -0.2) is 70.1 Å². The number of aryl methyl sites for hydroxylation is 1. The zero-order valence-electron chi connectivity index (χ0n) is 19.9. The second kappa shape index (κ2) is 8.78. The maximum atomic E-state index is 12.5. The minimum absolute atomic E-state index is 0.0317. The summed E-state index contributed by atoms with van der Waals surface area (Å²) in [4.78, 5) is 34.0. The van der Waals surface area contributed by atoms with Crippen LogP contribution in [0.15, 0.2) is 55.0 Å². The van der Waals surface area contributed by atoms with E-state index in [1.165, 1.54) is 0 Å². The van der Waals surface area contributed by atoms with Crippen molar-refractivity contribution < 1.29 is 9.53 Å². The third-order valence-electron chi connectivity index (χ3n) is 6.94. The Hall–Kier alpha value is -3.78. The molecule has 8 heteroatoms. The van der Waals surface area contributed by atoms with Gasteiger partial charge in [0.2, 0.25) is 0 Å². The SMILES string of the molecule is Cc1cccc(-c2[nH]cnc2-c2ccc3ncc(N4CC(C(=O)O[C@H]5CCN(C)C5)C4)cc3c2)n1. The van der Waals surface area contributed by atoms with Crippen LogP contribution >= 0.6 is 0 Å². The molecule has 1 atom stereocenters. The fraction of sp³-hybridized carbons (Fsp3) is 0.333. The Labute approximate surface area is 204 Å². The Bertz CT molecular complexity index is 1390. The van der Waals surface area contributed by atoms with Crippen LogP contribution in [0.5, 0.6) is 0 Å². The average Bonchev–Trinajstić information content (AvgIpc) is 3.47. The summed E-state index contributed by atoms with van der Waals surface area (Å²) in [6, 6.07) is 14.3. The summed E-state index contributed by atoms with van der Waals surface area (Å²) in [6.45, 7) is 5.13. The molecule has 0 radical (unpaired) electrons. The van der Waals surface area contributed by atoms with E-state index in [0.717, 1.165) is 64.4 Å². The lowest BCUT2D eigenvalue weighted by Gasteiger charge is -2.39. The third-order valence-corrected chi connectivity index (χ3v) is 6.94. The van der Waals surface area contributed by atoms with Gasteiger partial charge in [0.25, 0.3) is 0 Å². The van der Waals surface area contributed by atoms with Gasteiger partial charge in [-0.1, -0.05) is 12.1 Å². The first-order valence-corrected chi connectivity index (χ1v) is 12.0. The van der Waals surface area contributed by atoms with Crippen molar-refractivity contribution in [2.45, 2.75) is 19.4 Å². The standard InChI is InChI=1S/C27H28N6O2/c1-17-4-3-5-24(31-17)26-25(29-16-30-26)18-6-7-23-19(10-18)11-21(12-28-23)33-13-20(14-33)27(34)35-22-8-9-32(2)15-22/h3-7,10-12,16,20,22H,8-9,13-15H2,1-2H3,(H,29,30)/t22-/m0/s1. The van der Waals surface area contributed by atoms with E-state index in [-0.39, 0.29) is 18.0 Å². The van der Waals surface area contributed by atoms with Crippen LogP contribution in [0.25, 0.3) is 33.5 Å². The molecular formula is C27H28N6O2. The minimum Gasteiger partial charge on any atom is -0.461 e. The van der Waals surface area contributed by atoms with Crippen LogP contribution in [0.1, 0.15) is 12.1 Å². The number of rotatable bonds is 5. The Balaban J connectivity index is 1.19. The fourth-order valence-electron chi connectivity index (χ4n) is 4.92. The highest BCUT2D eigenvalue weighted by Crippen LogP contribution is 2.32. The first-order valence-electron chi connectivity index (χ1n) is 12.0. The molecule has 4 aromatic rings. The molecule has 2 aliphatic rings. The van der Waals surface area contributed by atoms with Gasteiger partial charge in [0, 0.05) is 42.8 Å². The molecule has 6 rings (SSSR count). The summed E-state index contributed by atoms with van der Waals surface area (Å²) in [7, 11) is 2.06. The Morgan fingerprint density at radius 2 is 2.00 bits per heavy atom. The van der Waals surface area contributed by atoms with E-state index in [2.05, 4.69) is 48.9 Å². The van der Waals surface area contributed by atoms with Crippen LogP contribution in [0.2, 0.25) is 0 Å². The highest BCUT2D eigenvalue weighted by Gasteiger charge is 2.36. The van der Waals surface area contributed by atoms with Crippen molar-refractivity contribution in [3.05, 3.63) is 60.7 Å². The largest absolute Gasteiger partial charge is 0.461 e. The number of benzene rings is 1. The Morgan fingerprint density at radius 3 is 2.80 bits per heavy atom. The second-order valence-corrected chi connectivity index (χ2v) is 9.60. The number of likely N-dealkylation sites (tertiary alicyclic amines) is 1. The number of carbonyl (C=O) groups excluding carboxylic acids is 1. The number of anilines is 1. The van der Waals surface area contributed by atoms with Crippen LogP contribution in [0.4, 0.5) is 5.69 Å². The van der Waals surface area contributed by atoms with Gasteiger partial charge in [0.1, 0.15) is 6.10 Å². The number of aromatic nitrogens is 4. The summed E-state index contributed by atoms with van der Waals surface area (Å²) >= 11 is 0. The number of hydrogen-bond acceptors (Lipinski definition) is 7. The average molecular weight is 469 g/mol. The van der Waals surface area contributed by atoms with Crippen LogP contribution in [-0.2, 0) is 9.53 Å². The summed E-state index contributed by atoms with van der Waals surface area (Å²) in [5.74, 6) is -0.148. The van der Waals surface area contributed by atoms with E-state index in [0.29, 0.717) is 13.1 Å². The number of esters is 1. The quantitative estimate of drug-likeness (QED) is 0.447. The lowest BCUT2D eigenvalue weighted by atomic mass is 9.99. The second-order valence-electron chi connectivity index (χ2n) is 9.60. The van der Waals surface area contributed by atoms with Crippen LogP contribution < -0.4 is 4.90 Å². The number of hydrogen-bond donors (Lipinski definition) is 1. The van der Waals surface area contributed by atoms with E-state index in [4.69, 9.17) is 4.74 Å². The maximum Gasteiger partial charge on any atom is 0.312 e. The van der Waals surface area contributed by atoms with E-state index in [1.54, 1.807) is 6.33 Å². The van der Waals surface area contributed by atoms with Gasteiger partial charge in [0.05, 0.1) is 46.7 Å². The van der Waals surface area contributed by atoms with Gasteiger partial charge in [0.15, 0.2) is 0 Å². The molecule has 2 saturated heterocycles. The monoisotopic (exact) mass is 468 g/mol. The minimum atomic E-state index is -0.0756. The molecule has 2 aliphatic heterocycles. The molecule has 1 N–H and O–H groups in total. The van der Waals surface area contributed by atoms with Crippen molar-refractivity contribution in [3.63, 3.8) is 0 Å². The van der Waals surface area contributed by atoms with Crippen molar-refractivity contribution in [1.29, 1.82) is 0 Å². The van der Waals surface area contributed by atoms with Crippen molar-refractivity contribution in [1.82, 2.24) is 24.8 Å². The van der Waals surface area contributed by atoms with E-state index < -0.39 is 0 Å². The summed E-state index contributed by atoms with van der Waals surface area (Å²) in [5, 5.41) is 1.03. The van der Waals surface area contributed by atoms with Gasteiger partial charge < -0.3 is 19.5 Å². The third kappa shape index (κ3) is 4.25. The van der Waals surface area contributed by atoms with Gasteiger partial charge >= 0.3 is 5.97 Å². The molecule has 2 fully saturated rings. The maximum absolute atomic E-state index is 12.5. The van der Waals surface area contributed by atoms with Crippen molar-refractivity contribution >= 4 is 22.6 Å². The summed E-state index contributed by atoms with van der Waals surface area (Å²) < 4.78 is 5.71. The van der Waals surface area contributed by atoms with Crippen LogP contribution in [0.3, 0.4) is 0 Å². The molecule has 35 heavy (non-hydrogen) atoms. The van der Waals surface area contributed by atoms with Crippen molar-refractivity contribution in [2.75, 3.05) is 38.1 Å². The first kappa shape index (κ1) is 21.7. The van der Waals surface area contributed by atoms with E-state index in [9.17, 15) is 4.79 Å². The number of H-pyrrole nitrogens is 1. The smallest absolute Gasteiger partial charge is 0.312 e. The number of pyridine rings is 2. The van der Waals surface area contributed by atoms with Crippen molar-refractivity contribution in [3.8, 4) is 22.6 Å². The molecule has 0 bridgehead atoms. The molecule has 0 unspecified atom stereocenters.